The van der Waals surface area contributed by atoms with E-state index in [-0.39, 0.29) is 12.5 Å². The predicted molar refractivity (Wildman–Crippen MR) is 88.1 cm³/mol. The van der Waals surface area contributed by atoms with Gasteiger partial charge in [-0.3, -0.25) is 9.48 Å². The molecule has 1 aromatic carbocycles. The van der Waals surface area contributed by atoms with Crippen molar-refractivity contribution in [2.24, 2.45) is 0 Å². The summed E-state index contributed by atoms with van der Waals surface area (Å²) in [6, 6.07) is 8.97. The Balaban J connectivity index is 1.57. The maximum Gasteiger partial charge on any atom is 0.246 e. The van der Waals surface area contributed by atoms with Crippen molar-refractivity contribution in [2.45, 2.75) is 13.1 Å². The maximum atomic E-state index is 12.2. The van der Waals surface area contributed by atoms with Gasteiger partial charge in [0.1, 0.15) is 6.54 Å². The number of rotatable bonds is 6. The minimum atomic E-state index is -0.0952. The quantitative estimate of drug-likeness (QED) is 0.673. The van der Waals surface area contributed by atoms with Crippen molar-refractivity contribution in [3.63, 3.8) is 0 Å². The summed E-state index contributed by atoms with van der Waals surface area (Å²) in [5, 5.41) is 16.9. The SMILES string of the molecule is CN(CCn1cccn1)C(=O)Cn1nnc(-c2ccc(Cl)cc2)n1. The third kappa shape index (κ3) is 3.96. The maximum absolute atomic E-state index is 12.2. The van der Waals surface area contributed by atoms with E-state index in [2.05, 4.69) is 20.5 Å². The van der Waals surface area contributed by atoms with Gasteiger partial charge in [0.15, 0.2) is 0 Å². The minimum absolute atomic E-state index is 0.0379. The molecule has 2 aromatic heterocycles. The molecule has 3 rings (SSSR count). The third-order valence-corrected chi connectivity index (χ3v) is 3.73. The molecule has 0 spiro atoms. The van der Waals surface area contributed by atoms with Crippen molar-refractivity contribution in [2.75, 3.05) is 13.6 Å². The van der Waals surface area contributed by atoms with E-state index in [1.807, 2.05) is 24.4 Å². The van der Waals surface area contributed by atoms with Gasteiger partial charge in [-0.2, -0.15) is 9.90 Å². The van der Waals surface area contributed by atoms with Gasteiger partial charge in [-0.1, -0.05) is 11.6 Å². The molecule has 0 fully saturated rings. The van der Waals surface area contributed by atoms with Gasteiger partial charge in [-0.05, 0) is 35.5 Å². The highest BCUT2D eigenvalue weighted by atomic mass is 35.5. The molecule has 9 heteroatoms. The van der Waals surface area contributed by atoms with E-state index in [4.69, 9.17) is 11.6 Å². The lowest BCUT2D eigenvalue weighted by Gasteiger charge is -2.16. The van der Waals surface area contributed by atoms with Crippen LogP contribution < -0.4 is 0 Å². The lowest BCUT2D eigenvalue weighted by Crippen LogP contribution is -2.33. The molecular weight excluding hydrogens is 330 g/mol. The Kier molecular flexibility index (Phi) is 4.85. The molecule has 1 amide bonds. The standard InChI is InChI=1S/C15H16ClN7O/c1-21(9-10-22-8-2-7-17-22)14(24)11-23-19-15(18-20-23)12-3-5-13(16)6-4-12/h2-8H,9-11H2,1H3. The molecule has 2 heterocycles. The molecule has 0 aliphatic carbocycles. The molecule has 8 nitrogen and oxygen atoms in total. The number of amides is 1. The molecule has 0 radical (unpaired) electrons. The summed E-state index contributed by atoms with van der Waals surface area (Å²) in [5.41, 5.74) is 0.796. The zero-order chi connectivity index (χ0) is 16.9. The molecule has 0 atom stereocenters. The number of benzene rings is 1. The molecule has 0 N–H and O–H groups in total. The number of tetrazole rings is 1. The second-order valence-electron chi connectivity index (χ2n) is 5.23. The number of halogens is 1. The van der Waals surface area contributed by atoms with Crippen LogP contribution in [-0.4, -0.2) is 54.4 Å². The molecule has 0 bridgehead atoms. The number of nitrogens with zero attached hydrogens (tertiary/aromatic N) is 7. The first-order valence-corrected chi connectivity index (χ1v) is 7.75. The summed E-state index contributed by atoms with van der Waals surface area (Å²) in [7, 11) is 1.74. The normalized spacial score (nSPS) is 10.8. The third-order valence-electron chi connectivity index (χ3n) is 3.48. The number of hydrogen-bond acceptors (Lipinski definition) is 5. The van der Waals surface area contributed by atoms with Gasteiger partial charge in [0.2, 0.25) is 11.7 Å². The van der Waals surface area contributed by atoms with Gasteiger partial charge in [-0.25, -0.2) is 0 Å². The van der Waals surface area contributed by atoms with Gasteiger partial charge in [-0.15, -0.1) is 10.2 Å². The van der Waals surface area contributed by atoms with Crippen LogP contribution in [0.2, 0.25) is 5.02 Å². The molecule has 24 heavy (non-hydrogen) atoms. The average molecular weight is 346 g/mol. The molecule has 0 saturated heterocycles. The summed E-state index contributed by atoms with van der Waals surface area (Å²) in [6.07, 6.45) is 3.56. The summed E-state index contributed by atoms with van der Waals surface area (Å²) >= 11 is 5.86. The fourth-order valence-electron chi connectivity index (χ4n) is 2.08. The van der Waals surface area contributed by atoms with Crippen LogP contribution in [0, 0.1) is 0 Å². The monoisotopic (exact) mass is 345 g/mol. The Morgan fingerprint density at radius 2 is 2.08 bits per heavy atom. The largest absolute Gasteiger partial charge is 0.342 e. The summed E-state index contributed by atoms with van der Waals surface area (Å²) in [4.78, 5) is 15.1. The molecule has 0 saturated carbocycles. The van der Waals surface area contributed by atoms with E-state index in [1.54, 1.807) is 35.0 Å². The fraction of sp³-hybridized carbons (Fsp3) is 0.267. The number of aromatic nitrogens is 6. The van der Waals surface area contributed by atoms with Crippen LogP contribution in [0.3, 0.4) is 0 Å². The van der Waals surface area contributed by atoms with Crippen molar-refractivity contribution in [1.82, 2.24) is 34.9 Å². The van der Waals surface area contributed by atoms with Crippen LogP contribution in [0.5, 0.6) is 0 Å². The van der Waals surface area contributed by atoms with Crippen LogP contribution in [-0.2, 0) is 17.9 Å². The zero-order valence-corrected chi connectivity index (χ0v) is 13.8. The van der Waals surface area contributed by atoms with Crippen LogP contribution in [0.1, 0.15) is 0 Å². The van der Waals surface area contributed by atoms with Gasteiger partial charge in [0, 0.05) is 36.6 Å². The highest BCUT2D eigenvalue weighted by molar-refractivity contribution is 6.30. The van der Waals surface area contributed by atoms with Gasteiger partial charge in [0.25, 0.3) is 0 Å². The van der Waals surface area contributed by atoms with Crippen molar-refractivity contribution >= 4 is 17.5 Å². The molecule has 0 unspecified atom stereocenters. The van der Waals surface area contributed by atoms with E-state index < -0.39 is 0 Å². The Hall–Kier alpha value is -2.74. The van der Waals surface area contributed by atoms with Crippen LogP contribution >= 0.6 is 11.6 Å². The number of carbonyl (C=O) groups excluding carboxylic acids is 1. The Morgan fingerprint density at radius 1 is 1.29 bits per heavy atom. The van der Waals surface area contributed by atoms with E-state index in [9.17, 15) is 4.79 Å². The Labute approximate surface area is 143 Å². The highest BCUT2D eigenvalue weighted by Gasteiger charge is 2.13. The molecule has 0 aliphatic rings. The van der Waals surface area contributed by atoms with E-state index in [0.29, 0.717) is 23.9 Å². The highest BCUT2D eigenvalue weighted by Crippen LogP contribution is 2.16. The second kappa shape index (κ2) is 7.22. The molecule has 124 valence electrons. The zero-order valence-electron chi connectivity index (χ0n) is 13.1. The first-order valence-electron chi connectivity index (χ1n) is 7.37. The van der Waals surface area contributed by atoms with E-state index >= 15 is 0 Å². The van der Waals surface area contributed by atoms with Crippen LogP contribution in [0.4, 0.5) is 0 Å². The summed E-state index contributed by atoms with van der Waals surface area (Å²) in [5.74, 6) is 0.362. The Morgan fingerprint density at radius 3 is 2.79 bits per heavy atom. The van der Waals surface area contributed by atoms with Crippen molar-refractivity contribution in [3.8, 4) is 11.4 Å². The average Bonchev–Trinajstić information content (AvgIpc) is 3.25. The Bertz CT molecular complexity index is 798. The van der Waals surface area contributed by atoms with Crippen LogP contribution in [0.15, 0.2) is 42.7 Å². The van der Waals surface area contributed by atoms with Gasteiger partial charge < -0.3 is 4.90 Å². The molecule has 0 aliphatic heterocycles. The predicted octanol–water partition coefficient (Wildman–Crippen LogP) is 1.35. The first-order chi connectivity index (χ1) is 11.6. The lowest BCUT2D eigenvalue weighted by molar-refractivity contribution is -0.131. The molecule has 3 aromatic rings. The van der Waals surface area contributed by atoms with E-state index in [0.717, 1.165) is 5.56 Å². The summed E-state index contributed by atoms with van der Waals surface area (Å²) in [6.45, 7) is 1.23. The topological polar surface area (TPSA) is 81.7 Å². The summed E-state index contributed by atoms with van der Waals surface area (Å²) < 4.78 is 1.77. The minimum Gasteiger partial charge on any atom is -0.342 e. The smallest absolute Gasteiger partial charge is 0.246 e. The van der Waals surface area contributed by atoms with Gasteiger partial charge in [0.05, 0.1) is 6.54 Å². The second-order valence-corrected chi connectivity index (χ2v) is 5.67. The number of carbonyl (C=O) groups is 1. The van der Waals surface area contributed by atoms with Crippen molar-refractivity contribution in [3.05, 3.63) is 47.7 Å². The molecular formula is C15H16ClN7O. The van der Waals surface area contributed by atoms with Crippen LogP contribution in [0.25, 0.3) is 11.4 Å². The van der Waals surface area contributed by atoms with Crippen molar-refractivity contribution < 1.29 is 4.79 Å². The van der Waals surface area contributed by atoms with E-state index in [1.165, 1.54) is 4.80 Å². The number of likely N-dealkylation sites (N-methyl/N-ethyl adjacent to an activating group) is 1. The number of hydrogen-bond donors (Lipinski definition) is 0. The fourth-order valence-corrected chi connectivity index (χ4v) is 2.20. The first kappa shape index (κ1) is 16.1. The van der Waals surface area contributed by atoms with Gasteiger partial charge >= 0.3 is 0 Å². The van der Waals surface area contributed by atoms with Crippen molar-refractivity contribution in [1.29, 1.82) is 0 Å². The lowest BCUT2D eigenvalue weighted by atomic mass is 10.2.